The lowest BCUT2D eigenvalue weighted by atomic mass is 9.96. The van der Waals surface area contributed by atoms with Gasteiger partial charge in [0.15, 0.2) is 0 Å². The number of hydrogen-bond donors (Lipinski definition) is 0. The van der Waals surface area contributed by atoms with Crippen LogP contribution >= 0.6 is 46.4 Å². The maximum Gasteiger partial charge on any atom is 0.223 e. The second-order valence-electron chi connectivity index (χ2n) is 23.1. The minimum atomic E-state index is 0.269. The van der Waals surface area contributed by atoms with Crippen LogP contribution in [0.4, 0.5) is 0 Å². The third kappa shape index (κ3) is 11.6. The first-order valence-corrected chi connectivity index (χ1v) is 32.7. The van der Waals surface area contributed by atoms with Crippen molar-refractivity contribution < 1.29 is 0 Å². The van der Waals surface area contributed by atoms with Gasteiger partial charge in [-0.2, -0.15) is 0 Å². The largest absolute Gasteiger partial charge is 0.223 e. The van der Waals surface area contributed by atoms with Crippen LogP contribution in [0.3, 0.4) is 0 Å². The zero-order valence-electron chi connectivity index (χ0n) is 51.0. The van der Waals surface area contributed by atoms with E-state index in [2.05, 4.69) is 222 Å². The Morgan fingerprint density at radius 3 is 1.03 bits per heavy atom. The van der Waals surface area contributed by atoms with Crippen LogP contribution in [0.5, 0.6) is 0 Å². The molecule has 96 heavy (non-hydrogen) atoms. The lowest BCUT2D eigenvalue weighted by molar-refractivity contribution is 1.23. The fourth-order valence-electron chi connectivity index (χ4n) is 13.0. The lowest BCUT2D eigenvalue weighted by Crippen LogP contribution is -1.93. The molecule has 0 bridgehead atoms. The van der Waals surface area contributed by atoms with Gasteiger partial charge in [-0.05, 0) is 147 Å². The summed E-state index contributed by atoms with van der Waals surface area (Å²) < 4.78 is 0. The molecule has 19 aromatic rings. The Kier molecular flexibility index (Phi) is 16.1. The summed E-state index contributed by atoms with van der Waals surface area (Å²) >= 11 is 24.9. The van der Waals surface area contributed by atoms with E-state index in [4.69, 9.17) is 46.4 Å². The Morgan fingerprint density at radius 2 is 0.521 bits per heavy atom. The van der Waals surface area contributed by atoms with Gasteiger partial charge in [-0.1, -0.05) is 267 Å². The summed E-state index contributed by atoms with van der Waals surface area (Å²) in [5, 5.41) is 21.4. The predicted molar refractivity (Wildman–Crippen MR) is 402 cm³/mol. The molecule has 0 atom stereocenters. The zero-order chi connectivity index (χ0) is 64.6. The maximum absolute atomic E-state index is 6.27. The molecule has 0 fully saturated rings. The molecular weight excluding hydrogens is 1260 g/mol. The quantitative estimate of drug-likeness (QED) is 0.127. The van der Waals surface area contributed by atoms with Crippen molar-refractivity contribution in [1.82, 2.24) is 39.9 Å². The molecule has 4 aromatic heterocycles. The lowest BCUT2D eigenvalue weighted by Gasteiger charge is -2.11. The first kappa shape index (κ1) is 59.6. The van der Waals surface area contributed by atoms with E-state index in [1.54, 1.807) is 0 Å². The van der Waals surface area contributed by atoms with Crippen LogP contribution in [0.25, 0.3) is 164 Å². The van der Waals surface area contributed by atoms with Gasteiger partial charge in [-0.25, -0.2) is 39.9 Å². The van der Waals surface area contributed by atoms with Crippen molar-refractivity contribution in [2.45, 2.75) is 0 Å². The molecule has 0 unspecified atom stereocenters. The summed E-state index contributed by atoms with van der Waals surface area (Å²) in [6, 6.07) is 104. The highest BCUT2D eigenvalue weighted by Crippen LogP contribution is 2.40. The van der Waals surface area contributed by atoms with Crippen LogP contribution in [0.2, 0.25) is 21.1 Å². The number of fused-ring (bicyclic) bond motifs is 15. The normalized spacial score (nSPS) is 11.3. The molecule has 0 aliphatic heterocycles. The highest BCUT2D eigenvalue weighted by molar-refractivity contribution is 6.31. The third-order valence-corrected chi connectivity index (χ3v) is 18.1. The van der Waals surface area contributed by atoms with Gasteiger partial charge in [0.2, 0.25) is 21.1 Å². The Labute approximate surface area is 570 Å². The molecule has 4 heterocycles. The number of benzene rings is 15. The van der Waals surface area contributed by atoms with E-state index in [1.165, 1.54) is 37.7 Å². The summed E-state index contributed by atoms with van der Waals surface area (Å²) in [6.45, 7) is 0. The van der Waals surface area contributed by atoms with Gasteiger partial charge in [0.1, 0.15) is 0 Å². The van der Waals surface area contributed by atoms with Gasteiger partial charge in [0, 0.05) is 54.6 Å². The van der Waals surface area contributed by atoms with Gasteiger partial charge >= 0.3 is 0 Å². The molecular formula is C84H50Cl4N8. The standard InChI is InChI=1S/3C22H13ClN2.C18H11ClN2/c23-22-24-19-13-12-15-7-2-4-10-17(15)20(19)21(25-22)18-11-5-8-14-6-1-3-9-16(14)18;23-22-24-19-12-11-15-6-3-4-8-18(15)20(19)21(25-22)17-10-9-14-5-1-2-7-16(14)13-17;23-22-24-20(17-10-9-14-5-1-2-7-16(14)13-17)19-12-11-15-6-3-4-8-18(15)21(19)25-22;19-18-20-16(13-7-2-1-3-8-13)15-11-10-12-6-4-5-9-14(12)17(15)21-18/h3*1-13H;1-11H. The molecule has 0 saturated carbocycles. The van der Waals surface area contributed by atoms with Crippen molar-refractivity contribution in [3.05, 3.63) is 324 Å². The topological polar surface area (TPSA) is 103 Å². The number of hydrogen-bond acceptors (Lipinski definition) is 8. The smallest absolute Gasteiger partial charge is 0.218 e. The molecule has 0 N–H and O–H groups in total. The minimum absolute atomic E-state index is 0.269. The van der Waals surface area contributed by atoms with Crippen LogP contribution in [-0.2, 0) is 0 Å². The molecule has 8 nitrogen and oxygen atoms in total. The van der Waals surface area contributed by atoms with Crippen LogP contribution < -0.4 is 0 Å². The van der Waals surface area contributed by atoms with Crippen molar-refractivity contribution in [3.8, 4) is 45.0 Å². The Balaban J connectivity index is 0.000000101. The maximum atomic E-state index is 6.27. The fraction of sp³-hybridized carbons (Fsp3) is 0. The average Bonchev–Trinajstić information content (AvgIpc) is 0.788. The second kappa shape index (κ2) is 25.9. The van der Waals surface area contributed by atoms with Crippen LogP contribution in [0.1, 0.15) is 0 Å². The van der Waals surface area contributed by atoms with Crippen LogP contribution in [0, 0.1) is 0 Å². The van der Waals surface area contributed by atoms with Gasteiger partial charge in [-0.3, -0.25) is 0 Å². The van der Waals surface area contributed by atoms with Gasteiger partial charge < -0.3 is 0 Å². The number of aromatic nitrogens is 8. The minimum Gasteiger partial charge on any atom is -0.218 e. The van der Waals surface area contributed by atoms with Crippen LogP contribution in [0.15, 0.2) is 303 Å². The van der Waals surface area contributed by atoms with E-state index >= 15 is 0 Å². The number of halogens is 4. The van der Waals surface area contributed by atoms with Crippen LogP contribution in [-0.4, -0.2) is 39.9 Å². The Hall–Kier alpha value is -11.4. The summed E-state index contributed by atoms with van der Waals surface area (Å²) in [5.41, 5.74) is 11.2. The van der Waals surface area contributed by atoms with Crippen molar-refractivity contribution >= 4 is 165 Å². The number of rotatable bonds is 4. The Morgan fingerprint density at radius 1 is 0.188 bits per heavy atom. The summed E-state index contributed by atoms with van der Waals surface area (Å²) in [5.74, 6) is 0. The highest BCUT2D eigenvalue weighted by atomic mass is 35.5. The van der Waals surface area contributed by atoms with E-state index < -0.39 is 0 Å². The molecule has 0 aliphatic carbocycles. The third-order valence-electron chi connectivity index (χ3n) is 17.4. The molecule has 454 valence electrons. The average molecular weight is 1310 g/mol. The Bertz CT molecular complexity index is 6240. The van der Waals surface area contributed by atoms with E-state index in [1.807, 2.05) is 121 Å². The molecule has 12 heteroatoms. The first-order valence-electron chi connectivity index (χ1n) is 31.1. The first-order chi connectivity index (χ1) is 47.2. The fourth-order valence-corrected chi connectivity index (χ4v) is 13.7. The molecule has 0 amide bonds. The van der Waals surface area contributed by atoms with Crippen molar-refractivity contribution in [1.29, 1.82) is 0 Å². The summed E-state index contributed by atoms with van der Waals surface area (Å²) in [6.07, 6.45) is 0. The summed E-state index contributed by atoms with van der Waals surface area (Å²) in [7, 11) is 0. The van der Waals surface area contributed by atoms with Gasteiger partial charge in [-0.15, -0.1) is 0 Å². The molecule has 0 saturated heterocycles. The SMILES string of the molecule is Clc1nc(-c2ccc3ccccc3c2)c2c(ccc3ccccc32)n1.Clc1nc(-c2ccc3ccccc3c2)c2ccc3ccccc3c2n1.Clc1nc(-c2cccc3ccccc23)c2c(ccc3ccccc32)n1.Clc1nc(-c2ccccc2)c2ccc3ccccc3c2n1. The molecule has 0 spiro atoms. The van der Waals surface area contributed by atoms with E-state index in [-0.39, 0.29) is 21.1 Å². The molecule has 19 rings (SSSR count). The second-order valence-corrected chi connectivity index (χ2v) is 24.5. The van der Waals surface area contributed by atoms with Gasteiger partial charge in [0.05, 0.1) is 44.8 Å². The molecule has 0 radical (unpaired) electrons. The van der Waals surface area contributed by atoms with E-state index in [0.29, 0.717) is 0 Å². The molecule has 0 aliphatic rings. The van der Waals surface area contributed by atoms with Crippen molar-refractivity contribution in [2.75, 3.05) is 0 Å². The van der Waals surface area contributed by atoms with E-state index in [9.17, 15) is 0 Å². The predicted octanol–water partition coefficient (Wildman–Crippen LogP) is 23.9. The monoisotopic (exact) mass is 1310 g/mol. The van der Waals surface area contributed by atoms with Gasteiger partial charge in [0.25, 0.3) is 0 Å². The molecule has 15 aromatic carbocycles. The zero-order valence-corrected chi connectivity index (χ0v) is 54.0. The van der Waals surface area contributed by atoms with E-state index in [0.717, 1.165) is 126 Å². The van der Waals surface area contributed by atoms with Crippen molar-refractivity contribution in [3.63, 3.8) is 0 Å². The highest BCUT2D eigenvalue weighted by Gasteiger charge is 2.18. The van der Waals surface area contributed by atoms with Crippen molar-refractivity contribution in [2.24, 2.45) is 0 Å². The number of nitrogens with zero attached hydrogens (tertiary/aromatic N) is 8. The summed E-state index contributed by atoms with van der Waals surface area (Å²) in [4.78, 5) is 36.0.